The molecule has 1 N–H and O–H groups in total. The number of para-hydroxylation sites is 1. The van der Waals surface area contributed by atoms with Gasteiger partial charge in [0.1, 0.15) is 17.4 Å². The van der Waals surface area contributed by atoms with Gasteiger partial charge in [-0.1, -0.05) is 53.5 Å². The molecule has 7 heteroatoms. The van der Waals surface area contributed by atoms with E-state index in [2.05, 4.69) is 16.0 Å². The number of methoxy groups -OCH3 is 1. The third-order valence-electron chi connectivity index (χ3n) is 5.88. The lowest BCUT2D eigenvalue weighted by atomic mass is 10.1. The first kappa shape index (κ1) is 24.4. The van der Waals surface area contributed by atoms with E-state index in [0.717, 1.165) is 33.3 Å². The third-order valence-corrected chi connectivity index (χ3v) is 6.47. The fourth-order valence-electron chi connectivity index (χ4n) is 4.07. The minimum absolute atomic E-state index is 0.0101. The van der Waals surface area contributed by atoms with Gasteiger partial charge in [-0.15, -0.1) is 0 Å². The highest BCUT2D eigenvalue weighted by Gasteiger charge is 2.18. The van der Waals surface area contributed by atoms with Crippen LogP contribution in [0.4, 0.5) is 5.69 Å². The summed E-state index contributed by atoms with van der Waals surface area (Å²) in [4.78, 5) is 13.1. The number of hydrogen-bond acceptors (Lipinski definition) is 3. The first-order valence-corrected chi connectivity index (χ1v) is 11.7. The molecule has 0 aliphatic carbocycles. The van der Waals surface area contributed by atoms with Crippen molar-refractivity contribution in [3.8, 4) is 11.8 Å². The molecule has 0 unspecified atom stereocenters. The molecule has 0 bridgehead atoms. The number of aryl methyl sites for hydroxylation is 1. The van der Waals surface area contributed by atoms with Crippen LogP contribution in [0, 0.1) is 25.2 Å². The number of ether oxygens (including phenoxy) is 1. The van der Waals surface area contributed by atoms with E-state index >= 15 is 0 Å². The maximum absolute atomic E-state index is 13.1. The summed E-state index contributed by atoms with van der Waals surface area (Å²) < 4.78 is 7.46. The van der Waals surface area contributed by atoms with Gasteiger partial charge in [-0.25, -0.2) is 0 Å². The number of fused-ring (bicyclic) bond motifs is 1. The molecule has 5 nitrogen and oxygen atoms in total. The fourth-order valence-corrected chi connectivity index (χ4v) is 4.53. The largest absolute Gasteiger partial charge is 0.495 e. The van der Waals surface area contributed by atoms with Gasteiger partial charge in [-0.05, 0) is 61.4 Å². The average molecular weight is 504 g/mol. The van der Waals surface area contributed by atoms with Gasteiger partial charge in [-0.3, -0.25) is 4.79 Å². The van der Waals surface area contributed by atoms with Crippen molar-refractivity contribution in [3.05, 3.63) is 98.7 Å². The molecule has 4 rings (SSSR count). The number of aromatic nitrogens is 1. The first-order valence-electron chi connectivity index (χ1n) is 10.9. The molecule has 0 aliphatic rings. The number of nitrogens with one attached hydrogen (secondary N) is 1. The van der Waals surface area contributed by atoms with Gasteiger partial charge in [0, 0.05) is 38.8 Å². The van der Waals surface area contributed by atoms with Crippen LogP contribution in [-0.2, 0) is 11.3 Å². The van der Waals surface area contributed by atoms with Crippen molar-refractivity contribution in [2.45, 2.75) is 20.4 Å². The van der Waals surface area contributed by atoms with Gasteiger partial charge in [0.2, 0.25) is 0 Å². The fraction of sp³-hybridized carbons (Fsp3) is 0.143. The second kappa shape index (κ2) is 10.3. The van der Waals surface area contributed by atoms with Crippen molar-refractivity contribution in [1.29, 1.82) is 5.26 Å². The van der Waals surface area contributed by atoms with E-state index in [-0.39, 0.29) is 5.57 Å². The van der Waals surface area contributed by atoms with Crippen molar-refractivity contribution in [2.75, 3.05) is 12.4 Å². The average Bonchev–Trinajstić information content (AvgIpc) is 3.09. The molecule has 0 saturated heterocycles. The van der Waals surface area contributed by atoms with Gasteiger partial charge in [-0.2, -0.15) is 5.26 Å². The quantitative estimate of drug-likeness (QED) is 0.224. The molecule has 0 saturated carbocycles. The highest BCUT2D eigenvalue weighted by atomic mass is 35.5. The molecule has 35 heavy (non-hydrogen) atoms. The van der Waals surface area contributed by atoms with Crippen LogP contribution in [0.25, 0.3) is 17.0 Å². The van der Waals surface area contributed by atoms with Gasteiger partial charge in [0.05, 0.1) is 12.8 Å². The summed E-state index contributed by atoms with van der Waals surface area (Å²) in [5, 5.41) is 14.7. The number of rotatable bonds is 6. The summed E-state index contributed by atoms with van der Waals surface area (Å²) in [6.45, 7) is 4.40. The first-order chi connectivity index (χ1) is 16.8. The molecule has 1 amide bonds. The standard InChI is InChI=1S/C28H23Cl2N3O2/c1-17-8-11-27(35-3)25(12-17)32-28(34)20(15-31)13-23-18(2)33(26-7-5-4-6-22(23)26)16-19-9-10-21(29)14-24(19)30/h4-14H,16H2,1-3H3,(H,32,34)/b20-13+. The zero-order valence-electron chi connectivity index (χ0n) is 19.5. The van der Waals surface area contributed by atoms with Gasteiger partial charge < -0.3 is 14.6 Å². The number of nitriles is 1. The summed E-state index contributed by atoms with van der Waals surface area (Å²) in [6, 6.07) is 20.8. The molecule has 4 aromatic rings. The van der Waals surface area contributed by atoms with Crippen LogP contribution in [0.3, 0.4) is 0 Å². The van der Waals surface area contributed by atoms with Crippen LogP contribution in [0.1, 0.15) is 22.4 Å². The lowest BCUT2D eigenvalue weighted by Gasteiger charge is -2.11. The second-order valence-electron chi connectivity index (χ2n) is 8.17. The molecule has 0 fully saturated rings. The molecule has 0 atom stereocenters. The maximum Gasteiger partial charge on any atom is 0.266 e. The number of hydrogen-bond donors (Lipinski definition) is 1. The minimum atomic E-state index is -0.506. The number of halogens is 2. The van der Waals surface area contributed by atoms with E-state index in [0.29, 0.717) is 28.0 Å². The Bertz CT molecular complexity index is 1510. The van der Waals surface area contributed by atoms with Crippen molar-refractivity contribution >= 4 is 51.8 Å². The van der Waals surface area contributed by atoms with E-state index in [1.807, 2.05) is 56.3 Å². The number of nitrogens with zero attached hydrogens (tertiary/aromatic N) is 2. The molecular weight excluding hydrogens is 481 g/mol. The van der Waals surface area contributed by atoms with E-state index < -0.39 is 5.91 Å². The Labute approximate surface area is 214 Å². The smallest absolute Gasteiger partial charge is 0.266 e. The predicted molar refractivity (Wildman–Crippen MR) is 142 cm³/mol. The van der Waals surface area contributed by atoms with Crippen molar-refractivity contribution in [2.24, 2.45) is 0 Å². The maximum atomic E-state index is 13.1. The minimum Gasteiger partial charge on any atom is -0.495 e. The van der Waals surface area contributed by atoms with Gasteiger partial charge in [0.25, 0.3) is 5.91 Å². The van der Waals surface area contributed by atoms with Crippen LogP contribution < -0.4 is 10.1 Å². The predicted octanol–water partition coefficient (Wildman–Crippen LogP) is 7.17. The third kappa shape index (κ3) is 5.05. The van der Waals surface area contributed by atoms with Crippen molar-refractivity contribution in [1.82, 2.24) is 4.57 Å². The molecule has 176 valence electrons. The highest BCUT2D eigenvalue weighted by Crippen LogP contribution is 2.31. The van der Waals surface area contributed by atoms with E-state index in [1.165, 1.54) is 7.11 Å². The Hall–Kier alpha value is -3.72. The highest BCUT2D eigenvalue weighted by molar-refractivity contribution is 6.35. The van der Waals surface area contributed by atoms with Crippen LogP contribution in [0.15, 0.2) is 66.2 Å². The normalized spacial score (nSPS) is 11.4. The zero-order valence-corrected chi connectivity index (χ0v) is 21.0. The molecular formula is C28H23Cl2N3O2. The summed E-state index contributed by atoms with van der Waals surface area (Å²) in [6.07, 6.45) is 1.63. The van der Waals surface area contributed by atoms with Crippen molar-refractivity contribution < 1.29 is 9.53 Å². The summed E-state index contributed by atoms with van der Waals surface area (Å²) >= 11 is 12.5. The van der Waals surface area contributed by atoms with Crippen molar-refractivity contribution in [3.63, 3.8) is 0 Å². The Morgan fingerprint density at radius 3 is 2.60 bits per heavy atom. The van der Waals surface area contributed by atoms with E-state index in [9.17, 15) is 10.1 Å². The van der Waals surface area contributed by atoms with Crippen LogP contribution in [0.2, 0.25) is 10.0 Å². The molecule has 1 aromatic heterocycles. The summed E-state index contributed by atoms with van der Waals surface area (Å²) in [5.41, 5.74) is 5.06. The van der Waals surface area contributed by atoms with Gasteiger partial charge in [0.15, 0.2) is 0 Å². The molecule has 0 spiro atoms. The molecule has 3 aromatic carbocycles. The Kier molecular flexibility index (Phi) is 7.16. The topological polar surface area (TPSA) is 67.0 Å². The molecule has 0 aliphatic heterocycles. The van der Waals surface area contributed by atoms with Gasteiger partial charge >= 0.3 is 0 Å². The number of anilines is 1. The zero-order chi connectivity index (χ0) is 25.1. The second-order valence-corrected chi connectivity index (χ2v) is 9.01. The summed E-state index contributed by atoms with van der Waals surface area (Å²) in [7, 11) is 1.53. The lowest BCUT2D eigenvalue weighted by molar-refractivity contribution is -0.112. The Balaban J connectivity index is 1.75. The monoisotopic (exact) mass is 503 g/mol. The van der Waals surface area contributed by atoms with Crippen LogP contribution in [0.5, 0.6) is 5.75 Å². The van der Waals surface area contributed by atoms with E-state index in [4.69, 9.17) is 27.9 Å². The summed E-state index contributed by atoms with van der Waals surface area (Å²) in [5.74, 6) is 0.0160. The molecule has 0 radical (unpaired) electrons. The van der Waals surface area contributed by atoms with Crippen LogP contribution >= 0.6 is 23.2 Å². The SMILES string of the molecule is COc1ccc(C)cc1NC(=O)/C(C#N)=C/c1c(C)n(Cc2ccc(Cl)cc2Cl)c2ccccc12. The van der Waals surface area contributed by atoms with Crippen LogP contribution in [-0.4, -0.2) is 17.6 Å². The van der Waals surface area contributed by atoms with E-state index in [1.54, 1.807) is 24.3 Å². The number of carbonyl (C=O) groups excluding carboxylic acids is 1. The lowest BCUT2D eigenvalue weighted by Crippen LogP contribution is -2.14. The number of amides is 1. The Morgan fingerprint density at radius 1 is 1.11 bits per heavy atom. The molecule has 1 heterocycles. The number of carbonyl (C=O) groups is 1. The Morgan fingerprint density at radius 2 is 1.89 bits per heavy atom. The number of benzene rings is 3.